The third-order valence-electron chi connectivity index (χ3n) is 5.98. The molecule has 0 atom stereocenters. The van der Waals surface area contributed by atoms with Crippen LogP contribution < -0.4 is 20.8 Å². The van der Waals surface area contributed by atoms with Crippen LogP contribution in [0.5, 0.6) is 5.75 Å². The van der Waals surface area contributed by atoms with Gasteiger partial charge in [0, 0.05) is 23.5 Å². The Morgan fingerprint density at radius 1 is 1.17 bits per heavy atom. The van der Waals surface area contributed by atoms with Crippen LogP contribution in [0, 0.1) is 25.7 Å². The molecule has 1 aromatic carbocycles. The first-order valence-corrected chi connectivity index (χ1v) is 9.89. The molecule has 1 aliphatic rings. The lowest BCUT2D eigenvalue weighted by molar-refractivity contribution is -0.312. The van der Waals surface area contributed by atoms with Gasteiger partial charge >= 0.3 is 5.63 Å². The van der Waals surface area contributed by atoms with Crippen molar-refractivity contribution in [3.8, 4) is 5.75 Å². The van der Waals surface area contributed by atoms with E-state index >= 15 is 0 Å². The fraction of sp³-hybridized carbons (Fsp3) is 0.500. The van der Waals surface area contributed by atoms with Gasteiger partial charge in [-0.15, -0.1) is 0 Å². The maximum Gasteiger partial charge on any atom is 0.340 e. The van der Waals surface area contributed by atoms with Crippen LogP contribution in [0.25, 0.3) is 11.0 Å². The van der Waals surface area contributed by atoms with E-state index in [9.17, 15) is 19.5 Å². The van der Waals surface area contributed by atoms with Gasteiger partial charge in [0.2, 0.25) is 5.91 Å². The normalized spacial score (nSPS) is 19.1. The van der Waals surface area contributed by atoms with Crippen LogP contribution >= 0.6 is 0 Å². The number of benzene rings is 1. The molecule has 0 radical (unpaired) electrons. The number of aryl methyl sites for hydroxylation is 2. The van der Waals surface area contributed by atoms with Gasteiger partial charge in [-0.25, -0.2) is 4.79 Å². The predicted octanol–water partition coefficient (Wildman–Crippen LogP) is 1.63. The lowest BCUT2D eigenvalue weighted by Gasteiger charge is -2.29. The Labute approximate surface area is 169 Å². The molecular formula is C22H26NO6-. The van der Waals surface area contributed by atoms with E-state index in [0.29, 0.717) is 36.3 Å². The molecule has 0 aliphatic heterocycles. The zero-order valence-corrected chi connectivity index (χ0v) is 17.0. The summed E-state index contributed by atoms with van der Waals surface area (Å²) in [6, 6.07) is 3.65. The number of nitrogens with one attached hydrogen (secondary N) is 1. The van der Waals surface area contributed by atoms with Gasteiger partial charge < -0.3 is 24.4 Å². The van der Waals surface area contributed by atoms with Crippen molar-refractivity contribution in [2.45, 2.75) is 46.0 Å². The van der Waals surface area contributed by atoms with Crippen molar-refractivity contribution >= 4 is 22.8 Å². The number of aliphatic carboxylic acids is 1. The van der Waals surface area contributed by atoms with Crippen molar-refractivity contribution in [2.75, 3.05) is 13.7 Å². The first-order chi connectivity index (χ1) is 13.8. The highest BCUT2D eigenvalue weighted by molar-refractivity contribution is 5.87. The van der Waals surface area contributed by atoms with E-state index in [1.54, 1.807) is 7.11 Å². The summed E-state index contributed by atoms with van der Waals surface area (Å²) >= 11 is 0. The van der Waals surface area contributed by atoms with Crippen molar-refractivity contribution in [2.24, 2.45) is 11.8 Å². The Morgan fingerprint density at radius 3 is 2.48 bits per heavy atom. The second-order valence-corrected chi connectivity index (χ2v) is 7.78. The fourth-order valence-corrected chi connectivity index (χ4v) is 4.08. The summed E-state index contributed by atoms with van der Waals surface area (Å²) in [5, 5.41) is 14.6. The maximum absolute atomic E-state index is 12.5. The standard InChI is InChI=1S/C22H27NO6/c1-12-16-8-9-18(28-3)13(2)20(16)29-22(27)17(12)10-19(24)23-11-14-4-6-15(7-5-14)21(25)26/h8-9,14-15H,4-7,10-11H2,1-3H3,(H,23,24)(H,25,26)/p-1. The first kappa shape index (κ1) is 20.9. The number of amides is 1. The molecule has 0 bridgehead atoms. The summed E-state index contributed by atoms with van der Waals surface area (Å²) in [4.78, 5) is 35.8. The highest BCUT2D eigenvalue weighted by atomic mass is 16.5. The van der Waals surface area contributed by atoms with Gasteiger partial charge in [-0.3, -0.25) is 4.79 Å². The highest BCUT2D eigenvalue weighted by Gasteiger charge is 2.23. The fourth-order valence-electron chi connectivity index (χ4n) is 4.08. The summed E-state index contributed by atoms with van der Waals surface area (Å²) in [6.45, 7) is 4.12. The van der Waals surface area contributed by atoms with Crippen LogP contribution in [-0.2, 0) is 16.0 Å². The lowest BCUT2D eigenvalue weighted by Crippen LogP contribution is -2.37. The van der Waals surface area contributed by atoms with Gasteiger partial charge in [-0.05, 0) is 69.1 Å². The zero-order valence-electron chi connectivity index (χ0n) is 17.0. The minimum Gasteiger partial charge on any atom is -0.550 e. The first-order valence-electron chi connectivity index (χ1n) is 9.89. The van der Waals surface area contributed by atoms with Crippen molar-refractivity contribution < 1.29 is 23.8 Å². The molecule has 3 rings (SSSR count). The van der Waals surface area contributed by atoms with Gasteiger partial charge in [-0.1, -0.05) is 0 Å². The Balaban J connectivity index is 1.68. The van der Waals surface area contributed by atoms with E-state index in [-0.39, 0.29) is 24.2 Å². The van der Waals surface area contributed by atoms with Gasteiger partial charge in [0.1, 0.15) is 11.3 Å². The Morgan fingerprint density at radius 2 is 1.86 bits per heavy atom. The molecule has 0 saturated heterocycles. The van der Waals surface area contributed by atoms with Gasteiger partial charge in [0.25, 0.3) is 0 Å². The number of rotatable bonds is 6. The summed E-state index contributed by atoms with van der Waals surface area (Å²) in [5.41, 5.74) is 1.77. The average molecular weight is 400 g/mol. The summed E-state index contributed by atoms with van der Waals surface area (Å²) in [6.07, 6.45) is 2.61. The van der Waals surface area contributed by atoms with Gasteiger partial charge in [0.05, 0.1) is 19.1 Å². The Kier molecular flexibility index (Phi) is 6.25. The van der Waals surface area contributed by atoms with Crippen LogP contribution in [0.1, 0.15) is 42.4 Å². The molecule has 156 valence electrons. The number of ether oxygens (including phenoxy) is 1. The topological polar surface area (TPSA) is 109 Å². The SMILES string of the molecule is COc1ccc2c(C)c(CC(=O)NCC3CCC(C(=O)[O-])CC3)c(=O)oc2c1C. The van der Waals surface area contributed by atoms with E-state index in [1.807, 2.05) is 26.0 Å². The number of methoxy groups -OCH3 is 1. The smallest absolute Gasteiger partial charge is 0.340 e. The zero-order chi connectivity index (χ0) is 21.1. The number of carboxylic acid groups (broad SMARTS) is 1. The van der Waals surface area contributed by atoms with Crippen molar-refractivity contribution in [3.63, 3.8) is 0 Å². The molecule has 0 unspecified atom stereocenters. The highest BCUT2D eigenvalue weighted by Crippen LogP contribution is 2.30. The molecule has 1 N–H and O–H groups in total. The van der Waals surface area contributed by atoms with Crippen LogP contribution in [-0.4, -0.2) is 25.5 Å². The van der Waals surface area contributed by atoms with Crippen LogP contribution in [0.4, 0.5) is 0 Å². The summed E-state index contributed by atoms with van der Waals surface area (Å²) in [5.74, 6) is -0.725. The van der Waals surface area contributed by atoms with E-state index in [4.69, 9.17) is 9.15 Å². The molecule has 1 heterocycles. The molecule has 1 aromatic heterocycles. The third-order valence-corrected chi connectivity index (χ3v) is 5.98. The second-order valence-electron chi connectivity index (χ2n) is 7.78. The van der Waals surface area contributed by atoms with Crippen molar-refractivity contribution in [1.82, 2.24) is 5.32 Å². The summed E-state index contributed by atoms with van der Waals surface area (Å²) in [7, 11) is 1.56. The molecule has 1 fully saturated rings. The molecule has 7 nitrogen and oxygen atoms in total. The lowest BCUT2D eigenvalue weighted by atomic mass is 9.82. The van der Waals surface area contributed by atoms with Gasteiger partial charge in [-0.2, -0.15) is 0 Å². The van der Waals surface area contributed by atoms with Crippen LogP contribution in [0.3, 0.4) is 0 Å². The van der Waals surface area contributed by atoms with E-state index in [0.717, 1.165) is 29.4 Å². The molecule has 0 spiro atoms. The predicted molar refractivity (Wildman–Crippen MR) is 106 cm³/mol. The van der Waals surface area contributed by atoms with E-state index in [1.165, 1.54) is 0 Å². The number of fused-ring (bicyclic) bond motifs is 1. The number of hydrogen-bond donors (Lipinski definition) is 1. The van der Waals surface area contributed by atoms with E-state index < -0.39 is 11.6 Å². The maximum atomic E-state index is 12.5. The van der Waals surface area contributed by atoms with Crippen LogP contribution in [0.15, 0.2) is 21.3 Å². The molecule has 7 heteroatoms. The largest absolute Gasteiger partial charge is 0.550 e. The molecule has 29 heavy (non-hydrogen) atoms. The third kappa shape index (κ3) is 4.44. The van der Waals surface area contributed by atoms with Crippen molar-refractivity contribution in [3.05, 3.63) is 39.2 Å². The van der Waals surface area contributed by atoms with Crippen molar-refractivity contribution in [1.29, 1.82) is 0 Å². The van der Waals surface area contributed by atoms with E-state index in [2.05, 4.69) is 5.32 Å². The number of carbonyl (C=O) groups is 2. The Bertz CT molecular complexity index is 985. The average Bonchev–Trinajstić information content (AvgIpc) is 2.70. The minimum absolute atomic E-state index is 0.0520. The molecular weight excluding hydrogens is 374 g/mol. The Hall–Kier alpha value is -2.83. The number of hydrogen-bond acceptors (Lipinski definition) is 6. The summed E-state index contributed by atoms with van der Waals surface area (Å²) < 4.78 is 10.8. The quantitative estimate of drug-likeness (QED) is 0.739. The van der Waals surface area contributed by atoms with Gasteiger partial charge in [0.15, 0.2) is 0 Å². The molecule has 1 amide bonds. The molecule has 1 aliphatic carbocycles. The molecule has 1 saturated carbocycles. The second kappa shape index (κ2) is 8.68. The number of carbonyl (C=O) groups excluding carboxylic acids is 2. The molecule has 2 aromatic rings. The monoisotopic (exact) mass is 400 g/mol. The number of carboxylic acids is 1. The van der Waals surface area contributed by atoms with Crippen LogP contribution in [0.2, 0.25) is 0 Å². The minimum atomic E-state index is -0.987.